The molecule has 0 aromatic heterocycles. The lowest BCUT2D eigenvalue weighted by molar-refractivity contribution is -0.137. The van der Waals surface area contributed by atoms with Gasteiger partial charge in [-0.05, 0) is 42.9 Å². The van der Waals surface area contributed by atoms with Gasteiger partial charge in [-0.3, -0.25) is 0 Å². The van der Waals surface area contributed by atoms with Gasteiger partial charge in [0.25, 0.3) is 0 Å². The van der Waals surface area contributed by atoms with Crippen LogP contribution in [0.25, 0.3) is 0 Å². The molecule has 0 bridgehead atoms. The van der Waals surface area contributed by atoms with Crippen LogP contribution in [-0.4, -0.2) is 6.04 Å². The van der Waals surface area contributed by atoms with Crippen molar-refractivity contribution in [3.05, 3.63) is 29.6 Å². The molecule has 21 heavy (non-hydrogen) atoms. The van der Waals surface area contributed by atoms with Gasteiger partial charge in [0, 0.05) is 6.04 Å². The minimum atomic E-state index is -4.45. The van der Waals surface area contributed by atoms with Crippen molar-refractivity contribution in [3.8, 4) is 0 Å². The van der Waals surface area contributed by atoms with E-state index in [2.05, 4.69) is 19.2 Å². The summed E-state index contributed by atoms with van der Waals surface area (Å²) >= 11 is 0. The molecule has 0 amide bonds. The van der Waals surface area contributed by atoms with Crippen molar-refractivity contribution >= 4 is 5.69 Å². The molecule has 2 rings (SSSR count). The molecule has 1 aliphatic rings. The van der Waals surface area contributed by atoms with Crippen LogP contribution in [0.1, 0.15) is 45.1 Å². The molecule has 5 heteroatoms. The van der Waals surface area contributed by atoms with Crippen LogP contribution in [-0.2, 0) is 6.18 Å². The zero-order chi connectivity index (χ0) is 15.6. The number of benzene rings is 1. The fourth-order valence-corrected chi connectivity index (χ4v) is 3.00. The predicted octanol–water partition coefficient (Wildman–Crippen LogP) is 5.47. The van der Waals surface area contributed by atoms with Crippen molar-refractivity contribution in [2.45, 2.75) is 51.7 Å². The molecule has 0 radical (unpaired) electrons. The standard InChI is InChI=1S/C16H21F4N/c1-10(2)11-4-3-5-13(8-11)21-15-9-12(16(18,19)20)6-7-14(15)17/h6-7,9-11,13,21H,3-5,8H2,1-2H3. The Morgan fingerprint density at radius 3 is 2.52 bits per heavy atom. The maximum atomic E-state index is 13.7. The number of hydrogen-bond acceptors (Lipinski definition) is 1. The fourth-order valence-electron chi connectivity index (χ4n) is 3.00. The lowest BCUT2D eigenvalue weighted by Gasteiger charge is -2.32. The van der Waals surface area contributed by atoms with Gasteiger partial charge in [0.1, 0.15) is 5.82 Å². The second-order valence-corrected chi connectivity index (χ2v) is 6.20. The Bertz CT molecular complexity index is 482. The highest BCUT2D eigenvalue weighted by Gasteiger charge is 2.31. The summed E-state index contributed by atoms with van der Waals surface area (Å²) in [5.41, 5.74) is -0.859. The van der Waals surface area contributed by atoms with E-state index in [0.717, 1.165) is 43.9 Å². The molecule has 0 heterocycles. The summed E-state index contributed by atoms with van der Waals surface area (Å²) in [6.07, 6.45) is -0.522. The molecular weight excluding hydrogens is 282 g/mol. The number of nitrogens with one attached hydrogen (secondary N) is 1. The quantitative estimate of drug-likeness (QED) is 0.730. The van der Waals surface area contributed by atoms with E-state index in [1.807, 2.05) is 0 Å². The molecular formula is C16H21F4N. The van der Waals surface area contributed by atoms with E-state index in [1.165, 1.54) is 0 Å². The van der Waals surface area contributed by atoms with Crippen LogP contribution < -0.4 is 5.32 Å². The van der Waals surface area contributed by atoms with Gasteiger partial charge < -0.3 is 5.32 Å². The molecule has 118 valence electrons. The molecule has 0 spiro atoms. The van der Waals surface area contributed by atoms with Crippen LogP contribution in [0, 0.1) is 17.7 Å². The van der Waals surface area contributed by atoms with Gasteiger partial charge >= 0.3 is 6.18 Å². The maximum absolute atomic E-state index is 13.7. The Kier molecular flexibility index (Phi) is 4.79. The van der Waals surface area contributed by atoms with Crippen molar-refractivity contribution in [3.63, 3.8) is 0 Å². The van der Waals surface area contributed by atoms with Crippen LogP contribution in [0.4, 0.5) is 23.2 Å². The molecule has 1 N–H and O–H groups in total. The summed E-state index contributed by atoms with van der Waals surface area (Å²) in [7, 11) is 0. The van der Waals surface area contributed by atoms with E-state index in [0.29, 0.717) is 11.8 Å². The minimum Gasteiger partial charge on any atom is -0.380 e. The Morgan fingerprint density at radius 1 is 1.19 bits per heavy atom. The smallest absolute Gasteiger partial charge is 0.380 e. The van der Waals surface area contributed by atoms with E-state index >= 15 is 0 Å². The van der Waals surface area contributed by atoms with Gasteiger partial charge in [-0.2, -0.15) is 13.2 Å². The van der Waals surface area contributed by atoms with Crippen LogP contribution in [0.15, 0.2) is 18.2 Å². The summed E-state index contributed by atoms with van der Waals surface area (Å²) in [5.74, 6) is 0.459. The monoisotopic (exact) mass is 303 g/mol. The van der Waals surface area contributed by atoms with Gasteiger partial charge in [0.15, 0.2) is 0 Å². The van der Waals surface area contributed by atoms with E-state index < -0.39 is 17.6 Å². The van der Waals surface area contributed by atoms with Gasteiger partial charge in [-0.15, -0.1) is 0 Å². The van der Waals surface area contributed by atoms with Gasteiger partial charge in [0.2, 0.25) is 0 Å². The normalized spacial score (nSPS) is 23.4. The van der Waals surface area contributed by atoms with Gasteiger partial charge in [0.05, 0.1) is 11.3 Å². The molecule has 1 aromatic rings. The number of anilines is 1. The highest BCUT2D eigenvalue weighted by Crippen LogP contribution is 2.34. The fraction of sp³-hybridized carbons (Fsp3) is 0.625. The van der Waals surface area contributed by atoms with Crippen molar-refractivity contribution in [1.29, 1.82) is 0 Å². The Balaban J connectivity index is 2.12. The molecule has 1 fully saturated rings. The largest absolute Gasteiger partial charge is 0.416 e. The van der Waals surface area contributed by atoms with E-state index in [9.17, 15) is 17.6 Å². The molecule has 2 atom stereocenters. The van der Waals surface area contributed by atoms with Crippen LogP contribution in [0.3, 0.4) is 0 Å². The molecule has 1 aliphatic carbocycles. The van der Waals surface area contributed by atoms with Crippen LogP contribution >= 0.6 is 0 Å². The lowest BCUT2D eigenvalue weighted by atomic mass is 9.79. The first-order valence-corrected chi connectivity index (χ1v) is 7.40. The third kappa shape index (κ3) is 4.11. The highest BCUT2D eigenvalue weighted by atomic mass is 19.4. The van der Waals surface area contributed by atoms with Crippen LogP contribution in [0.2, 0.25) is 0 Å². The number of halogens is 4. The zero-order valence-electron chi connectivity index (χ0n) is 12.3. The lowest BCUT2D eigenvalue weighted by Crippen LogP contribution is -2.29. The first kappa shape index (κ1) is 16.1. The summed E-state index contributed by atoms with van der Waals surface area (Å²) in [4.78, 5) is 0. The van der Waals surface area contributed by atoms with Gasteiger partial charge in [-0.25, -0.2) is 4.39 Å². The molecule has 0 aliphatic heterocycles. The number of hydrogen-bond donors (Lipinski definition) is 1. The Morgan fingerprint density at radius 2 is 1.90 bits per heavy atom. The second kappa shape index (κ2) is 6.24. The molecule has 0 saturated heterocycles. The first-order chi connectivity index (χ1) is 9.77. The zero-order valence-corrected chi connectivity index (χ0v) is 12.3. The number of alkyl halides is 3. The molecule has 1 aromatic carbocycles. The molecule has 1 saturated carbocycles. The second-order valence-electron chi connectivity index (χ2n) is 6.20. The summed E-state index contributed by atoms with van der Waals surface area (Å²) in [6, 6.07) is 2.57. The minimum absolute atomic E-state index is 0.0424. The predicted molar refractivity (Wildman–Crippen MR) is 75.6 cm³/mol. The third-order valence-electron chi connectivity index (χ3n) is 4.31. The summed E-state index contributed by atoms with van der Waals surface area (Å²) in [6.45, 7) is 4.30. The third-order valence-corrected chi connectivity index (χ3v) is 4.31. The van der Waals surface area contributed by atoms with Crippen molar-refractivity contribution in [2.75, 3.05) is 5.32 Å². The van der Waals surface area contributed by atoms with E-state index in [1.54, 1.807) is 0 Å². The summed E-state index contributed by atoms with van der Waals surface area (Å²) in [5, 5.41) is 2.97. The van der Waals surface area contributed by atoms with E-state index in [-0.39, 0.29) is 11.7 Å². The first-order valence-electron chi connectivity index (χ1n) is 7.40. The topological polar surface area (TPSA) is 12.0 Å². The highest BCUT2D eigenvalue weighted by molar-refractivity contribution is 5.48. The Hall–Kier alpha value is -1.26. The number of rotatable bonds is 3. The van der Waals surface area contributed by atoms with Crippen molar-refractivity contribution in [1.82, 2.24) is 0 Å². The average Bonchev–Trinajstić information content (AvgIpc) is 2.40. The maximum Gasteiger partial charge on any atom is 0.416 e. The summed E-state index contributed by atoms with van der Waals surface area (Å²) < 4.78 is 51.8. The van der Waals surface area contributed by atoms with Crippen LogP contribution in [0.5, 0.6) is 0 Å². The average molecular weight is 303 g/mol. The van der Waals surface area contributed by atoms with Crippen molar-refractivity contribution < 1.29 is 17.6 Å². The van der Waals surface area contributed by atoms with E-state index in [4.69, 9.17) is 0 Å². The SMILES string of the molecule is CC(C)C1CCCC(Nc2cc(C(F)(F)F)ccc2F)C1. The molecule has 1 nitrogen and oxygen atoms in total. The van der Waals surface area contributed by atoms with Gasteiger partial charge in [-0.1, -0.05) is 26.7 Å². The molecule has 2 unspecified atom stereocenters. The van der Waals surface area contributed by atoms with Crippen molar-refractivity contribution in [2.24, 2.45) is 11.8 Å². The Labute approximate surface area is 122 Å².